The summed E-state index contributed by atoms with van der Waals surface area (Å²) in [4.78, 5) is 12.8. The van der Waals surface area contributed by atoms with Crippen molar-refractivity contribution in [2.75, 3.05) is 18.9 Å². The highest BCUT2D eigenvalue weighted by Crippen LogP contribution is 2.20. The van der Waals surface area contributed by atoms with E-state index < -0.39 is 0 Å². The zero-order valence-corrected chi connectivity index (χ0v) is 12.3. The highest BCUT2D eigenvalue weighted by Gasteiger charge is 2.08. The van der Waals surface area contributed by atoms with Crippen LogP contribution in [0.1, 0.15) is 31.9 Å². The molecule has 106 valence electrons. The Kier molecular flexibility index (Phi) is 7.36. The molecule has 0 aliphatic heterocycles. The molecule has 1 aromatic carbocycles. The summed E-state index contributed by atoms with van der Waals surface area (Å²) >= 11 is 1.80. The topological polar surface area (TPSA) is 61.4 Å². The Morgan fingerprint density at radius 3 is 2.63 bits per heavy atom. The molecule has 1 unspecified atom stereocenters. The van der Waals surface area contributed by atoms with Gasteiger partial charge in [0.15, 0.2) is 0 Å². The van der Waals surface area contributed by atoms with Crippen molar-refractivity contribution >= 4 is 17.8 Å². The van der Waals surface area contributed by atoms with E-state index in [2.05, 4.69) is 29.7 Å². The van der Waals surface area contributed by atoms with Gasteiger partial charge in [-0.25, -0.2) is 4.79 Å². The number of thioether (sulfide) groups is 1. The Morgan fingerprint density at radius 1 is 1.37 bits per heavy atom. The van der Waals surface area contributed by atoms with Crippen LogP contribution in [-0.2, 0) is 0 Å². The molecule has 4 nitrogen and oxygen atoms in total. The second-order valence-corrected chi connectivity index (χ2v) is 5.54. The fraction of sp³-hybridized carbons (Fsp3) is 0.500. The van der Waals surface area contributed by atoms with Crippen LogP contribution in [0.5, 0.6) is 0 Å². The molecule has 0 saturated heterocycles. The molecule has 0 fully saturated rings. The number of carbonyl (C=O) groups is 1. The Morgan fingerprint density at radius 2 is 2.05 bits per heavy atom. The molecule has 0 radical (unpaired) electrons. The van der Waals surface area contributed by atoms with Crippen LogP contribution in [0.4, 0.5) is 4.79 Å². The van der Waals surface area contributed by atoms with Crippen molar-refractivity contribution in [1.82, 2.24) is 10.6 Å². The first-order chi connectivity index (χ1) is 9.17. The molecule has 0 aliphatic rings. The van der Waals surface area contributed by atoms with Gasteiger partial charge < -0.3 is 15.7 Å². The number of amides is 2. The van der Waals surface area contributed by atoms with Crippen molar-refractivity contribution in [3.63, 3.8) is 0 Å². The average molecular weight is 282 g/mol. The second kappa shape index (κ2) is 8.82. The standard InChI is InChI=1S/C14H22N2O2S/c1-3-19-13-7-5-12(6-8-13)11(2)16-14(18)15-9-4-10-17/h5-8,11,17H,3-4,9-10H2,1-2H3,(H2,15,16,18). The molecule has 2 amide bonds. The summed E-state index contributed by atoms with van der Waals surface area (Å²) in [6, 6.07) is 7.99. The molecule has 5 heteroatoms. The van der Waals surface area contributed by atoms with E-state index in [-0.39, 0.29) is 18.7 Å². The number of rotatable bonds is 7. The number of aliphatic hydroxyl groups excluding tert-OH is 1. The van der Waals surface area contributed by atoms with Crippen LogP contribution in [0.25, 0.3) is 0 Å². The van der Waals surface area contributed by atoms with Gasteiger partial charge in [-0.2, -0.15) is 0 Å². The largest absolute Gasteiger partial charge is 0.396 e. The number of aliphatic hydroxyl groups is 1. The summed E-state index contributed by atoms with van der Waals surface area (Å²) in [5.41, 5.74) is 1.08. The lowest BCUT2D eigenvalue weighted by atomic mass is 10.1. The summed E-state index contributed by atoms with van der Waals surface area (Å²) in [6.07, 6.45) is 0.574. The van der Waals surface area contributed by atoms with Gasteiger partial charge in [-0.1, -0.05) is 19.1 Å². The zero-order valence-electron chi connectivity index (χ0n) is 11.5. The number of hydrogen-bond donors (Lipinski definition) is 3. The predicted octanol–water partition coefficient (Wildman–Crippen LogP) is 2.54. The summed E-state index contributed by atoms with van der Waals surface area (Å²) in [5.74, 6) is 1.06. The molecule has 0 heterocycles. The normalized spacial score (nSPS) is 11.9. The highest BCUT2D eigenvalue weighted by atomic mass is 32.2. The third-order valence-corrected chi connectivity index (χ3v) is 3.55. The summed E-state index contributed by atoms with van der Waals surface area (Å²) in [7, 11) is 0. The Balaban J connectivity index is 2.43. The molecule has 19 heavy (non-hydrogen) atoms. The number of benzene rings is 1. The summed E-state index contributed by atoms with van der Waals surface area (Å²) in [6.45, 7) is 4.65. The van der Waals surface area contributed by atoms with E-state index in [1.165, 1.54) is 4.90 Å². The minimum atomic E-state index is -0.201. The molecular formula is C14H22N2O2S. The third kappa shape index (κ3) is 5.98. The maximum Gasteiger partial charge on any atom is 0.315 e. The molecule has 1 atom stereocenters. The van der Waals surface area contributed by atoms with Crippen LogP contribution < -0.4 is 10.6 Å². The van der Waals surface area contributed by atoms with Crippen LogP contribution in [0, 0.1) is 0 Å². The molecule has 1 rings (SSSR count). The highest BCUT2D eigenvalue weighted by molar-refractivity contribution is 7.99. The monoisotopic (exact) mass is 282 g/mol. The zero-order chi connectivity index (χ0) is 14.1. The van der Waals surface area contributed by atoms with Gasteiger partial charge in [-0.05, 0) is 36.8 Å². The van der Waals surface area contributed by atoms with E-state index in [1.807, 2.05) is 19.1 Å². The number of hydrogen-bond acceptors (Lipinski definition) is 3. The molecule has 1 aromatic rings. The Hall–Kier alpha value is -1.20. The van der Waals surface area contributed by atoms with Gasteiger partial charge in [0.05, 0.1) is 6.04 Å². The summed E-state index contributed by atoms with van der Waals surface area (Å²) in [5, 5.41) is 14.2. The van der Waals surface area contributed by atoms with Crippen molar-refractivity contribution in [2.24, 2.45) is 0 Å². The van der Waals surface area contributed by atoms with Crippen molar-refractivity contribution in [1.29, 1.82) is 0 Å². The molecule has 0 aliphatic carbocycles. The average Bonchev–Trinajstić information content (AvgIpc) is 2.40. The first kappa shape index (κ1) is 15.9. The van der Waals surface area contributed by atoms with Crippen LogP contribution in [0.3, 0.4) is 0 Å². The maximum atomic E-state index is 11.6. The van der Waals surface area contributed by atoms with Gasteiger partial charge in [0.25, 0.3) is 0 Å². The van der Waals surface area contributed by atoms with Gasteiger partial charge in [0.2, 0.25) is 0 Å². The fourth-order valence-electron chi connectivity index (χ4n) is 1.63. The van der Waals surface area contributed by atoms with E-state index in [0.717, 1.165) is 11.3 Å². The van der Waals surface area contributed by atoms with Crippen LogP contribution in [-0.4, -0.2) is 30.0 Å². The van der Waals surface area contributed by atoms with Crippen molar-refractivity contribution in [3.05, 3.63) is 29.8 Å². The van der Waals surface area contributed by atoms with Crippen molar-refractivity contribution < 1.29 is 9.90 Å². The molecule has 0 spiro atoms. The molecule has 0 aromatic heterocycles. The number of carbonyl (C=O) groups excluding carboxylic acids is 1. The number of nitrogens with one attached hydrogen (secondary N) is 2. The predicted molar refractivity (Wildman–Crippen MR) is 79.5 cm³/mol. The Bertz CT molecular complexity index is 382. The second-order valence-electron chi connectivity index (χ2n) is 4.20. The van der Waals surface area contributed by atoms with Crippen molar-refractivity contribution in [2.45, 2.75) is 31.2 Å². The van der Waals surface area contributed by atoms with E-state index in [4.69, 9.17) is 5.11 Å². The first-order valence-electron chi connectivity index (χ1n) is 6.55. The lowest BCUT2D eigenvalue weighted by Gasteiger charge is -2.15. The lowest BCUT2D eigenvalue weighted by molar-refractivity contribution is 0.235. The summed E-state index contributed by atoms with van der Waals surface area (Å²) < 4.78 is 0. The van der Waals surface area contributed by atoms with Crippen LogP contribution in [0.15, 0.2) is 29.2 Å². The van der Waals surface area contributed by atoms with Gasteiger partial charge in [-0.15, -0.1) is 11.8 Å². The van der Waals surface area contributed by atoms with E-state index in [1.54, 1.807) is 11.8 Å². The minimum Gasteiger partial charge on any atom is -0.396 e. The van der Waals surface area contributed by atoms with Crippen LogP contribution in [0.2, 0.25) is 0 Å². The van der Waals surface area contributed by atoms with Crippen molar-refractivity contribution in [3.8, 4) is 0 Å². The quantitative estimate of drug-likeness (QED) is 0.532. The minimum absolute atomic E-state index is 0.0326. The fourth-order valence-corrected chi connectivity index (χ4v) is 2.29. The lowest BCUT2D eigenvalue weighted by Crippen LogP contribution is -2.37. The first-order valence-corrected chi connectivity index (χ1v) is 7.54. The molecular weight excluding hydrogens is 260 g/mol. The Labute approximate surface area is 119 Å². The molecule has 0 bridgehead atoms. The SMILES string of the molecule is CCSc1ccc(C(C)NC(=O)NCCCO)cc1. The third-order valence-electron chi connectivity index (χ3n) is 2.66. The van der Waals surface area contributed by atoms with Gasteiger partial charge in [0.1, 0.15) is 0 Å². The van der Waals surface area contributed by atoms with Gasteiger partial charge >= 0.3 is 6.03 Å². The van der Waals surface area contributed by atoms with E-state index in [0.29, 0.717) is 13.0 Å². The van der Waals surface area contributed by atoms with E-state index in [9.17, 15) is 4.79 Å². The van der Waals surface area contributed by atoms with Gasteiger partial charge in [-0.3, -0.25) is 0 Å². The smallest absolute Gasteiger partial charge is 0.315 e. The van der Waals surface area contributed by atoms with Crippen LogP contribution >= 0.6 is 11.8 Å². The maximum absolute atomic E-state index is 11.6. The van der Waals surface area contributed by atoms with E-state index >= 15 is 0 Å². The molecule has 3 N–H and O–H groups in total. The molecule has 0 saturated carbocycles. The van der Waals surface area contributed by atoms with Gasteiger partial charge in [0, 0.05) is 18.0 Å². The number of urea groups is 1.